The minimum Gasteiger partial charge on any atom is -0.370 e. The summed E-state index contributed by atoms with van der Waals surface area (Å²) in [7, 11) is 0. The van der Waals surface area contributed by atoms with Gasteiger partial charge in [0.2, 0.25) is 0 Å². The molecule has 3 rings (SSSR count). The Bertz CT molecular complexity index is 631. The van der Waals surface area contributed by atoms with E-state index in [0.29, 0.717) is 12.5 Å². The van der Waals surface area contributed by atoms with Crippen LogP contribution in [0.4, 0.5) is 5.69 Å². The topological polar surface area (TPSA) is 50.4 Å². The van der Waals surface area contributed by atoms with E-state index in [1.165, 1.54) is 5.56 Å². The van der Waals surface area contributed by atoms with Crippen LogP contribution in [0.5, 0.6) is 0 Å². The molecule has 0 radical (unpaired) electrons. The van der Waals surface area contributed by atoms with Gasteiger partial charge in [-0.15, -0.1) is 0 Å². The lowest BCUT2D eigenvalue weighted by atomic mass is 9.96. The number of para-hydroxylation sites is 1. The Hall–Kier alpha value is -2.00. The molecular weight excluding hydrogens is 282 g/mol. The van der Waals surface area contributed by atoms with Crippen LogP contribution in [-0.4, -0.2) is 12.5 Å². The van der Waals surface area contributed by atoms with Gasteiger partial charge in [0.1, 0.15) is 0 Å². The lowest BCUT2D eigenvalue weighted by molar-refractivity contribution is 0.705. The van der Waals surface area contributed by atoms with Crippen molar-refractivity contribution >= 4 is 23.2 Å². The van der Waals surface area contributed by atoms with Crippen LogP contribution in [0.15, 0.2) is 59.6 Å². The maximum absolute atomic E-state index is 5.96. The van der Waals surface area contributed by atoms with Gasteiger partial charge in [-0.05, 0) is 42.7 Å². The van der Waals surface area contributed by atoms with Gasteiger partial charge in [-0.25, -0.2) is 0 Å². The summed E-state index contributed by atoms with van der Waals surface area (Å²) in [6.45, 7) is 0.709. The second-order valence-corrected chi connectivity index (χ2v) is 5.92. The van der Waals surface area contributed by atoms with Crippen LogP contribution in [0.2, 0.25) is 5.02 Å². The van der Waals surface area contributed by atoms with E-state index in [9.17, 15) is 0 Å². The molecule has 2 aromatic rings. The maximum atomic E-state index is 5.96. The number of nitrogens with one attached hydrogen (secondary N) is 1. The Morgan fingerprint density at radius 1 is 1.10 bits per heavy atom. The van der Waals surface area contributed by atoms with Crippen molar-refractivity contribution in [3.05, 3.63) is 65.2 Å². The summed E-state index contributed by atoms with van der Waals surface area (Å²) in [6.07, 6.45) is 2.30. The van der Waals surface area contributed by atoms with Crippen molar-refractivity contribution in [2.24, 2.45) is 10.7 Å². The van der Waals surface area contributed by atoms with E-state index >= 15 is 0 Å². The third-order valence-electron chi connectivity index (χ3n) is 3.91. The molecule has 0 amide bonds. The van der Waals surface area contributed by atoms with E-state index in [4.69, 9.17) is 17.3 Å². The highest BCUT2D eigenvalue weighted by molar-refractivity contribution is 6.30. The summed E-state index contributed by atoms with van der Waals surface area (Å²) in [5, 5.41) is 3.88. The van der Waals surface area contributed by atoms with Crippen LogP contribution < -0.4 is 11.1 Å². The van der Waals surface area contributed by atoms with Crippen molar-refractivity contribution < 1.29 is 0 Å². The fourth-order valence-electron chi connectivity index (χ4n) is 2.44. The number of rotatable bonds is 4. The average molecular weight is 300 g/mol. The molecule has 4 heteroatoms. The summed E-state index contributed by atoms with van der Waals surface area (Å²) < 4.78 is 0. The molecule has 3 N–H and O–H groups in total. The van der Waals surface area contributed by atoms with Crippen molar-refractivity contribution in [3.8, 4) is 0 Å². The van der Waals surface area contributed by atoms with Crippen LogP contribution in [0.1, 0.15) is 18.4 Å². The molecule has 0 saturated heterocycles. The molecule has 21 heavy (non-hydrogen) atoms. The third kappa shape index (κ3) is 3.37. The number of hydrogen-bond donors (Lipinski definition) is 2. The zero-order valence-corrected chi connectivity index (χ0v) is 12.5. The van der Waals surface area contributed by atoms with E-state index in [1.807, 2.05) is 42.5 Å². The first-order valence-corrected chi connectivity index (χ1v) is 7.44. The predicted molar refractivity (Wildman–Crippen MR) is 88.9 cm³/mol. The Balaban J connectivity index is 1.66. The number of hydrogen-bond acceptors (Lipinski definition) is 1. The van der Waals surface area contributed by atoms with Gasteiger partial charge in [-0.2, -0.15) is 0 Å². The van der Waals surface area contributed by atoms with Crippen LogP contribution in [-0.2, 0) is 5.41 Å². The SMILES string of the molecule is NC(=NCC1(c2ccc(Cl)cc2)CC1)Nc1ccccc1. The summed E-state index contributed by atoms with van der Waals surface area (Å²) in [4.78, 5) is 4.50. The van der Waals surface area contributed by atoms with Gasteiger partial charge in [-0.1, -0.05) is 41.9 Å². The van der Waals surface area contributed by atoms with E-state index in [1.54, 1.807) is 0 Å². The van der Waals surface area contributed by atoms with Gasteiger partial charge < -0.3 is 11.1 Å². The van der Waals surface area contributed by atoms with Gasteiger partial charge in [-0.3, -0.25) is 4.99 Å². The molecule has 0 aromatic heterocycles. The standard InChI is InChI=1S/C17H18ClN3/c18-14-8-6-13(7-9-14)17(10-11-17)12-20-16(19)21-15-4-2-1-3-5-15/h1-9H,10-12H2,(H3,19,20,21). The molecule has 3 nitrogen and oxygen atoms in total. The van der Waals surface area contributed by atoms with Crippen LogP contribution >= 0.6 is 11.6 Å². The van der Waals surface area contributed by atoms with E-state index in [0.717, 1.165) is 23.6 Å². The van der Waals surface area contributed by atoms with Gasteiger partial charge >= 0.3 is 0 Å². The van der Waals surface area contributed by atoms with Crippen LogP contribution in [0.3, 0.4) is 0 Å². The highest BCUT2D eigenvalue weighted by atomic mass is 35.5. The summed E-state index contributed by atoms with van der Waals surface area (Å²) in [5.74, 6) is 0.460. The first-order chi connectivity index (χ1) is 10.2. The highest BCUT2D eigenvalue weighted by Crippen LogP contribution is 2.48. The minimum atomic E-state index is 0.146. The summed E-state index contributed by atoms with van der Waals surface area (Å²) in [5.41, 5.74) is 8.36. The lowest BCUT2D eigenvalue weighted by Crippen LogP contribution is -2.24. The van der Waals surface area contributed by atoms with Crippen molar-refractivity contribution in [2.75, 3.05) is 11.9 Å². The van der Waals surface area contributed by atoms with Crippen LogP contribution in [0, 0.1) is 0 Å². The number of nitrogens with zero attached hydrogens (tertiary/aromatic N) is 1. The Morgan fingerprint density at radius 2 is 1.76 bits per heavy atom. The lowest BCUT2D eigenvalue weighted by Gasteiger charge is -2.14. The average Bonchev–Trinajstić information content (AvgIpc) is 3.28. The van der Waals surface area contributed by atoms with E-state index in [2.05, 4.69) is 22.4 Å². The largest absolute Gasteiger partial charge is 0.370 e. The Kier molecular flexibility index (Phi) is 3.84. The molecule has 0 unspecified atom stereocenters. The second kappa shape index (κ2) is 5.78. The zero-order valence-electron chi connectivity index (χ0n) is 11.7. The fraction of sp³-hybridized carbons (Fsp3) is 0.235. The molecule has 0 atom stereocenters. The van der Waals surface area contributed by atoms with E-state index < -0.39 is 0 Å². The Morgan fingerprint density at radius 3 is 2.38 bits per heavy atom. The minimum absolute atomic E-state index is 0.146. The number of anilines is 1. The third-order valence-corrected chi connectivity index (χ3v) is 4.16. The predicted octanol–water partition coefficient (Wildman–Crippen LogP) is 3.80. The number of nitrogens with two attached hydrogens (primary N) is 1. The number of aliphatic imine (C=N–C) groups is 1. The second-order valence-electron chi connectivity index (χ2n) is 5.48. The molecule has 1 fully saturated rings. The van der Waals surface area contributed by atoms with Gasteiger partial charge in [0.05, 0.1) is 6.54 Å². The smallest absolute Gasteiger partial charge is 0.193 e. The zero-order chi connectivity index (χ0) is 14.7. The quantitative estimate of drug-likeness (QED) is 0.666. The first kappa shape index (κ1) is 14.0. The molecule has 0 aliphatic heterocycles. The first-order valence-electron chi connectivity index (χ1n) is 7.06. The molecule has 1 saturated carbocycles. The molecule has 2 aromatic carbocycles. The summed E-state index contributed by atoms with van der Waals surface area (Å²) >= 11 is 5.94. The van der Waals surface area contributed by atoms with E-state index in [-0.39, 0.29) is 5.41 Å². The molecule has 0 heterocycles. The van der Waals surface area contributed by atoms with Gasteiger partial charge in [0, 0.05) is 16.1 Å². The maximum Gasteiger partial charge on any atom is 0.193 e. The molecule has 1 aliphatic rings. The molecule has 1 aliphatic carbocycles. The van der Waals surface area contributed by atoms with Crippen molar-refractivity contribution in [3.63, 3.8) is 0 Å². The summed E-state index contributed by atoms with van der Waals surface area (Å²) in [6, 6.07) is 17.9. The van der Waals surface area contributed by atoms with Gasteiger partial charge in [0.15, 0.2) is 5.96 Å². The normalized spacial score (nSPS) is 16.5. The monoisotopic (exact) mass is 299 g/mol. The molecule has 0 bridgehead atoms. The fourth-order valence-corrected chi connectivity index (χ4v) is 2.56. The molecular formula is C17H18ClN3. The number of guanidine groups is 1. The highest BCUT2D eigenvalue weighted by Gasteiger charge is 2.44. The molecule has 108 valence electrons. The number of halogens is 1. The van der Waals surface area contributed by atoms with Crippen molar-refractivity contribution in [1.82, 2.24) is 0 Å². The van der Waals surface area contributed by atoms with Crippen molar-refractivity contribution in [1.29, 1.82) is 0 Å². The Labute approximate surface area is 129 Å². The number of benzene rings is 2. The molecule has 0 spiro atoms. The van der Waals surface area contributed by atoms with Crippen molar-refractivity contribution in [2.45, 2.75) is 18.3 Å². The van der Waals surface area contributed by atoms with Crippen LogP contribution in [0.25, 0.3) is 0 Å². The van der Waals surface area contributed by atoms with Gasteiger partial charge in [0.25, 0.3) is 0 Å².